The van der Waals surface area contributed by atoms with Crippen molar-refractivity contribution in [2.45, 2.75) is 43.9 Å². The molecule has 200 valence electrons. The molecule has 0 saturated carbocycles. The molecule has 0 spiro atoms. The average molecular weight is 542 g/mol. The van der Waals surface area contributed by atoms with Crippen LogP contribution >= 0.6 is 0 Å². The van der Waals surface area contributed by atoms with Crippen molar-refractivity contribution in [1.82, 2.24) is 4.31 Å². The van der Waals surface area contributed by atoms with E-state index in [4.69, 9.17) is 4.74 Å². The molecule has 2 aromatic carbocycles. The van der Waals surface area contributed by atoms with Crippen LogP contribution in [0.15, 0.2) is 53.4 Å². The predicted molar refractivity (Wildman–Crippen MR) is 128 cm³/mol. The van der Waals surface area contributed by atoms with Crippen molar-refractivity contribution in [1.29, 1.82) is 0 Å². The highest BCUT2D eigenvalue weighted by Gasteiger charge is 2.40. The number of alkyl halides is 3. The van der Waals surface area contributed by atoms with Crippen LogP contribution in [0.1, 0.15) is 32.3 Å². The highest BCUT2D eigenvalue weighted by molar-refractivity contribution is 7.89. The van der Waals surface area contributed by atoms with Gasteiger partial charge in [-0.3, -0.25) is 14.4 Å². The molecule has 1 heterocycles. The molecule has 0 bridgehead atoms. The Balaban J connectivity index is 1.55. The van der Waals surface area contributed by atoms with Crippen molar-refractivity contribution < 1.29 is 40.7 Å². The third kappa shape index (κ3) is 7.07. The van der Waals surface area contributed by atoms with Gasteiger partial charge < -0.3 is 15.4 Å². The lowest BCUT2D eigenvalue weighted by Crippen LogP contribution is -2.42. The zero-order valence-electron chi connectivity index (χ0n) is 20.0. The summed E-state index contributed by atoms with van der Waals surface area (Å²) in [5, 5.41) is 5.17. The molecule has 3 rings (SSSR count). The number of halogens is 3. The van der Waals surface area contributed by atoms with Gasteiger partial charge in [0.15, 0.2) is 6.10 Å². The number of hydrogen-bond donors (Lipinski definition) is 2. The molecule has 1 atom stereocenters. The quantitative estimate of drug-likeness (QED) is 0.517. The van der Waals surface area contributed by atoms with Crippen LogP contribution in [0.3, 0.4) is 0 Å². The van der Waals surface area contributed by atoms with Crippen LogP contribution in [0.2, 0.25) is 0 Å². The van der Waals surface area contributed by atoms with Gasteiger partial charge in [-0.1, -0.05) is 12.1 Å². The summed E-state index contributed by atoms with van der Waals surface area (Å²) < 4.78 is 71.9. The molecule has 1 saturated heterocycles. The molecule has 13 heteroatoms. The van der Waals surface area contributed by atoms with Crippen molar-refractivity contribution in [3.8, 4) is 0 Å². The van der Waals surface area contributed by atoms with Crippen LogP contribution in [-0.4, -0.2) is 49.7 Å². The lowest BCUT2D eigenvalue weighted by atomic mass is 9.98. The van der Waals surface area contributed by atoms with E-state index in [2.05, 4.69) is 10.6 Å². The average Bonchev–Trinajstić information content (AvgIpc) is 2.84. The van der Waals surface area contributed by atoms with Gasteiger partial charge in [-0.15, -0.1) is 0 Å². The Hall–Kier alpha value is -3.45. The zero-order chi connectivity index (χ0) is 27.4. The molecule has 0 aliphatic carbocycles. The Morgan fingerprint density at radius 1 is 0.973 bits per heavy atom. The van der Waals surface area contributed by atoms with E-state index in [1.807, 2.05) is 0 Å². The minimum Gasteiger partial charge on any atom is -0.452 e. The van der Waals surface area contributed by atoms with E-state index in [1.54, 1.807) is 24.3 Å². The Labute approximate surface area is 212 Å². The van der Waals surface area contributed by atoms with E-state index in [-0.39, 0.29) is 31.8 Å². The third-order valence-corrected chi connectivity index (χ3v) is 7.69. The predicted octanol–water partition coefficient (Wildman–Crippen LogP) is 3.63. The van der Waals surface area contributed by atoms with Crippen molar-refractivity contribution in [3.63, 3.8) is 0 Å². The third-order valence-electron chi connectivity index (χ3n) is 5.73. The number of carbonyl (C=O) groups excluding carboxylic acids is 3. The molecule has 1 fully saturated rings. The molecule has 37 heavy (non-hydrogen) atoms. The summed E-state index contributed by atoms with van der Waals surface area (Å²) in [7, 11) is -4.43. The molecule has 1 aliphatic heterocycles. The van der Waals surface area contributed by atoms with Gasteiger partial charge in [-0.05, 0) is 56.2 Å². The zero-order valence-corrected chi connectivity index (χ0v) is 20.9. The van der Waals surface area contributed by atoms with Gasteiger partial charge in [0.25, 0.3) is 5.91 Å². The molecule has 0 unspecified atom stereocenters. The van der Waals surface area contributed by atoms with Crippen molar-refractivity contribution in [2.75, 3.05) is 23.7 Å². The van der Waals surface area contributed by atoms with Gasteiger partial charge in [0.05, 0.1) is 16.4 Å². The fourth-order valence-electron chi connectivity index (χ4n) is 3.80. The molecule has 0 aromatic heterocycles. The molecule has 2 N–H and O–H groups in total. The highest BCUT2D eigenvalue weighted by Crippen LogP contribution is 2.36. The molecule has 2 aromatic rings. The largest absolute Gasteiger partial charge is 0.452 e. The SMILES string of the molecule is CC(=O)Nc1ccc(NC(=O)[C@@H](C)OC(=O)C2CCN(S(=O)(=O)c3ccccc3C(F)(F)F)CC2)cc1. The van der Waals surface area contributed by atoms with E-state index in [0.29, 0.717) is 17.4 Å². The Morgan fingerprint density at radius 3 is 2.05 bits per heavy atom. The summed E-state index contributed by atoms with van der Waals surface area (Å²) in [4.78, 5) is 35.2. The Bertz CT molecular complexity index is 1260. The van der Waals surface area contributed by atoms with Crippen molar-refractivity contribution >= 4 is 39.2 Å². The summed E-state index contributed by atoms with van der Waals surface area (Å²) in [6.45, 7) is 2.40. The molecule has 9 nitrogen and oxygen atoms in total. The number of benzene rings is 2. The van der Waals surface area contributed by atoms with Crippen LogP contribution in [0.25, 0.3) is 0 Å². The van der Waals surface area contributed by atoms with Gasteiger partial charge in [0, 0.05) is 31.4 Å². The number of rotatable bonds is 7. The minimum absolute atomic E-state index is 0.0329. The second-order valence-corrected chi connectivity index (χ2v) is 10.4. The molecular formula is C24H26F3N3O6S. The molecule has 2 amide bonds. The molecule has 0 radical (unpaired) electrons. The molecular weight excluding hydrogens is 515 g/mol. The van der Waals surface area contributed by atoms with Gasteiger partial charge in [-0.25, -0.2) is 8.42 Å². The summed E-state index contributed by atoms with van der Waals surface area (Å²) in [5.74, 6) is -2.25. The Morgan fingerprint density at radius 2 is 1.51 bits per heavy atom. The first-order valence-electron chi connectivity index (χ1n) is 11.3. The van der Waals surface area contributed by atoms with Crippen molar-refractivity contribution in [2.24, 2.45) is 5.92 Å². The first-order chi connectivity index (χ1) is 17.3. The van der Waals surface area contributed by atoms with Gasteiger partial charge in [-0.2, -0.15) is 17.5 Å². The Kier molecular flexibility index (Phi) is 8.59. The smallest absolute Gasteiger partial charge is 0.417 e. The summed E-state index contributed by atoms with van der Waals surface area (Å²) in [6.07, 6.45) is -5.92. The topological polar surface area (TPSA) is 122 Å². The van der Waals surface area contributed by atoms with E-state index in [0.717, 1.165) is 16.4 Å². The fraction of sp³-hybridized carbons (Fsp3) is 0.375. The number of nitrogens with one attached hydrogen (secondary N) is 2. The van der Waals surface area contributed by atoms with E-state index in [9.17, 15) is 36.0 Å². The summed E-state index contributed by atoms with van der Waals surface area (Å²) in [6, 6.07) is 10.2. The number of nitrogens with zero attached hydrogens (tertiary/aromatic N) is 1. The van der Waals surface area contributed by atoms with Gasteiger partial charge in [0.1, 0.15) is 0 Å². The second kappa shape index (κ2) is 11.3. The second-order valence-electron chi connectivity index (χ2n) is 8.50. The van der Waals surface area contributed by atoms with Gasteiger partial charge in [0.2, 0.25) is 15.9 Å². The standard InChI is InChI=1S/C24H26F3N3O6S/c1-15(22(32)29-19-9-7-18(8-10-19)28-16(2)31)36-23(33)17-11-13-30(14-12-17)37(34,35)21-6-4-3-5-20(21)24(25,26)27/h3-10,15,17H,11-14H2,1-2H3,(H,28,31)(H,29,32)/t15-/m1/s1. The number of ether oxygens (including phenoxy) is 1. The van der Waals surface area contributed by atoms with Crippen LogP contribution in [0.5, 0.6) is 0 Å². The monoisotopic (exact) mass is 541 g/mol. The first-order valence-corrected chi connectivity index (χ1v) is 12.8. The van der Waals surface area contributed by atoms with E-state index in [1.165, 1.54) is 19.9 Å². The van der Waals surface area contributed by atoms with Crippen LogP contribution in [0, 0.1) is 5.92 Å². The number of anilines is 2. The van der Waals surface area contributed by atoms with Crippen LogP contribution in [0.4, 0.5) is 24.5 Å². The fourth-order valence-corrected chi connectivity index (χ4v) is 5.49. The number of amides is 2. The lowest BCUT2D eigenvalue weighted by molar-refractivity contribution is -0.158. The highest BCUT2D eigenvalue weighted by atomic mass is 32.2. The van der Waals surface area contributed by atoms with Crippen molar-refractivity contribution in [3.05, 3.63) is 54.1 Å². The van der Waals surface area contributed by atoms with Crippen LogP contribution in [-0.2, 0) is 35.3 Å². The van der Waals surface area contributed by atoms with E-state index < -0.39 is 50.6 Å². The maximum atomic E-state index is 13.3. The number of carbonyl (C=O) groups is 3. The number of piperidine rings is 1. The van der Waals surface area contributed by atoms with E-state index >= 15 is 0 Å². The van der Waals surface area contributed by atoms with Crippen LogP contribution < -0.4 is 10.6 Å². The summed E-state index contributed by atoms with van der Waals surface area (Å²) in [5.41, 5.74) is -0.291. The number of esters is 1. The van der Waals surface area contributed by atoms with Gasteiger partial charge >= 0.3 is 12.1 Å². The minimum atomic E-state index is -4.84. The molecule has 1 aliphatic rings. The lowest BCUT2D eigenvalue weighted by Gasteiger charge is -2.31. The first kappa shape index (κ1) is 28.1. The maximum Gasteiger partial charge on any atom is 0.417 e. The number of sulfonamides is 1. The summed E-state index contributed by atoms with van der Waals surface area (Å²) >= 11 is 0. The normalized spacial score (nSPS) is 16.0. The maximum absolute atomic E-state index is 13.3. The number of hydrogen-bond acceptors (Lipinski definition) is 6.